The summed E-state index contributed by atoms with van der Waals surface area (Å²) in [6.45, 7) is 7.34. The molecule has 2 amide bonds. The molecule has 5 rings (SSSR count). The number of halogens is 1. The zero-order valence-electron chi connectivity index (χ0n) is 18.2. The number of rotatable bonds is 3. The number of fused-ring (bicyclic) bond motifs is 2. The fraction of sp³-hybridized carbons (Fsp3) is 0.440. The van der Waals surface area contributed by atoms with E-state index in [9.17, 15) is 9.59 Å². The van der Waals surface area contributed by atoms with Gasteiger partial charge in [-0.1, -0.05) is 42.3 Å². The second-order valence-corrected chi connectivity index (χ2v) is 11.9. The van der Waals surface area contributed by atoms with E-state index in [1.54, 1.807) is 11.8 Å². The van der Waals surface area contributed by atoms with Crippen LogP contribution in [0.2, 0.25) is 5.02 Å². The summed E-state index contributed by atoms with van der Waals surface area (Å²) in [5.41, 5.74) is 3.96. The molecule has 1 saturated heterocycles. The third kappa shape index (κ3) is 3.20. The van der Waals surface area contributed by atoms with E-state index in [1.165, 1.54) is 0 Å². The lowest BCUT2D eigenvalue weighted by molar-refractivity contribution is -0.146. The second-order valence-electron chi connectivity index (χ2n) is 9.54. The first-order chi connectivity index (χ1) is 14.7. The molecular weight excluding hydrogens is 428 g/mol. The Morgan fingerprint density at radius 3 is 2.61 bits per heavy atom. The quantitative estimate of drug-likeness (QED) is 0.614. The standard InChI is InChI=1S/C25H27ClN2O2S/c1-16-7-4-5-8-18(16)14-27-21-12-11-19(26)13-20(21)25(23(27)30)28(15-24(2,3)31-25)22(29)17-9-6-10-17/h4-5,7-8,11-13,17H,6,9-10,14-15H2,1-3H3. The summed E-state index contributed by atoms with van der Waals surface area (Å²) >= 11 is 8.02. The van der Waals surface area contributed by atoms with Gasteiger partial charge in [0.15, 0.2) is 4.87 Å². The SMILES string of the molecule is Cc1ccccc1CN1C(=O)C2(SC(C)(C)CN2C(=O)C2CCC2)c2cc(Cl)ccc21. The van der Waals surface area contributed by atoms with E-state index in [0.717, 1.165) is 41.6 Å². The first kappa shape index (κ1) is 20.9. The van der Waals surface area contributed by atoms with E-state index in [1.807, 2.05) is 40.1 Å². The molecule has 2 heterocycles. The van der Waals surface area contributed by atoms with Gasteiger partial charge in [-0.05, 0) is 62.9 Å². The number of benzene rings is 2. The van der Waals surface area contributed by atoms with Gasteiger partial charge in [-0.2, -0.15) is 0 Å². The van der Waals surface area contributed by atoms with E-state index in [0.29, 0.717) is 18.1 Å². The van der Waals surface area contributed by atoms with Gasteiger partial charge in [0.2, 0.25) is 5.91 Å². The molecular formula is C25H27ClN2O2S. The number of amides is 2. The molecule has 1 atom stereocenters. The number of anilines is 1. The van der Waals surface area contributed by atoms with Crippen molar-refractivity contribution in [2.45, 2.75) is 56.2 Å². The minimum Gasteiger partial charge on any atom is -0.314 e. The second kappa shape index (κ2) is 7.28. The predicted molar refractivity (Wildman–Crippen MR) is 126 cm³/mol. The van der Waals surface area contributed by atoms with Crippen LogP contribution in [0.25, 0.3) is 0 Å². The average molecular weight is 455 g/mol. The maximum atomic E-state index is 14.2. The normalized spacial score (nSPS) is 24.6. The fourth-order valence-corrected chi connectivity index (χ4v) is 6.89. The third-order valence-electron chi connectivity index (χ3n) is 6.80. The largest absolute Gasteiger partial charge is 0.314 e. The van der Waals surface area contributed by atoms with Gasteiger partial charge >= 0.3 is 0 Å². The molecule has 0 N–H and O–H groups in total. The molecule has 1 unspecified atom stereocenters. The molecule has 1 spiro atoms. The van der Waals surface area contributed by atoms with E-state index in [-0.39, 0.29) is 22.5 Å². The molecule has 0 radical (unpaired) electrons. The molecule has 2 aliphatic heterocycles. The number of thioether (sulfide) groups is 1. The van der Waals surface area contributed by atoms with Gasteiger partial charge in [0, 0.05) is 27.8 Å². The van der Waals surface area contributed by atoms with Crippen LogP contribution in [0, 0.1) is 12.8 Å². The molecule has 31 heavy (non-hydrogen) atoms. The van der Waals surface area contributed by atoms with Crippen LogP contribution in [0.15, 0.2) is 42.5 Å². The summed E-state index contributed by atoms with van der Waals surface area (Å²) in [5.74, 6) is 0.116. The van der Waals surface area contributed by atoms with Crippen molar-refractivity contribution in [3.8, 4) is 0 Å². The first-order valence-electron chi connectivity index (χ1n) is 10.9. The summed E-state index contributed by atoms with van der Waals surface area (Å²) in [5, 5.41) is 0.588. The highest BCUT2D eigenvalue weighted by Crippen LogP contribution is 2.60. The number of carbonyl (C=O) groups is 2. The zero-order valence-corrected chi connectivity index (χ0v) is 19.7. The van der Waals surface area contributed by atoms with Crippen molar-refractivity contribution in [2.24, 2.45) is 5.92 Å². The Morgan fingerprint density at radius 1 is 1.19 bits per heavy atom. The van der Waals surface area contributed by atoms with Crippen molar-refractivity contribution in [1.29, 1.82) is 0 Å². The number of aryl methyl sites for hydroxylation is 1. The number of hydrogen-bond acceptors (Lipinski definition) is 3. The van der Waals surface area contributed by atoms with Crippen molar-refractivity contribution < 1.29 is 9.59 Å². The van der Waals surface area contributed by atoms with Gasteiger partial charge in [0.1, 0.15) is 0 Å². The Labute approximate surface area is 192 Å². The van der Waals surface area contributed by atoms with E-state index < -0.39 is 4.87 Å². The molecule has 1 saturated carbocycles. The molecule has 4 nitrogen and oxygen atoms in total. The third-order valence-corrected chi connectivity index (χ3v) is 8.63. The van der Waals surface area contributed by atoms with Crippen LogP contribution in [0.1, 0.15) is 49.8 Å². The van der Waals surface area contributed by atoms with Crippen molar-refractivity contribution in [2.75, 3.05) is 11.4 Å². The lowest BCUT2D eigenvalue weighted by Crippen LogP contribution is -2.52. The molecule has 3 aliphatic rings. The van der Waals surface area contributed by atoms with Crippen LogP contribution in [-0.2, 0) is 21.0 Å². The van der Waals surface area contributed by atoms with Crippen LogP contribution in [0.5, 0.6) is 0 Å². The van der Waals surface area contributed by atoms with Crippen molar-refractivity contribution >= 4 is 40.9 Å². The highest BCUT2D eigenvalue weighted by molar-refractivity contribution is 8.02. The van der Waals surface area contributed by atoms with Gasteiger partial charge in [0.05, 0.1) is 12.2 Å². The van der Waals surface area contributed by atoms with E-state index >= 15 is 0 Å². The monoisotopic (exact) mass is 454 g/mol. The van der Waals surface area contributed by atoms with Gasteiger partial charge in [-0.15, -0.1) is 11.8 Å². The summed E-state index contributed by atoms with van der Waals surface area (Å²) in [7, 11) is 0. The molecule has 0 bridgehead atoms. The molecule has 2 aromatic rings. The highest BCUT2D eigenvalue weighted by Gasteiger charge is 2.64. The van der Waals surface area contributed by atoms with Gasteiger partial charge in [-0.25, -0.2) is 0 Å². The van der Waals surface area contributed by atoms with Crippen LogP contribution in [0.4, 0.5) is 5.69 Å². The molecule has 162 valence electrons. The van der Waals surface area contributed by atoms with E-state index in [2.05, 4.69) is 32.9 Å². The van der Waals surface area contributed by atoms with Gasteiger partial charge in [0.25, 0.3) is 5.91 Å². The minimum atomic E-state index is -1.04. The summed E-state index contributed by atoms with van der Waals surface area (Å²) < 4.78 is -0.229. The summed E-state index contributed by atoms with van der Waals surface area (Å²) in [6, 6.07) is 13.8. The van der Waals surface area contributed by atoms with Crippen molar-refractivity contribution in [1.82, 2.24) is 4.90 Å². The van der Waals surface area contributed by atoms with Crippen molar-refractivity contribution in [3.63, 3.8) is 0 Å². The number of hydrogen-bond donors (Lipinski definition) is 0. The number of nitrogens with zero attached hydrogens (tertiary/aromatic N) is 2. The topological polar surface area (TPSA) is 40.6 Å². The Kier molecular flexibility index (Phi) is 4.91. The lowest BCUT2D eigenvalue weighted by Gasteiger charge is -2.37. The van der Waals surface area contributed by atoms with Gasteiger partial charge in [-0.3, -0.25) is 9.59 Å². The Hall–Kier alpha value is -1.98. The van der Waals surface area contributed by atoms with Gasteiger partial charge < -0.3 is 9.80 Å². The minimum absolute atomic E-state index is 0.0312. The molecule has 2 fully saturated rings. The molecule has 0 aromatic heterocycles. The first-order valence-corrected chi connectivity index (χ1v) is 12.1. The molecule has 6 heteroatoms. The number of carbonyl (C=O) groups excluding carboxylic acids is 2. The Morgan fingerprint density at radius 2 is 1.94 bits per heavy atom. The average Bonchev–Trinajstić information content (AvgIpc) is 3.08. The highest BCUT2D eigenvalue weighted by atomic mass is 35.5. The smallest absolute Gasteiger partial charge is 0.268 e. The Balaban J connectivity index is 1.64. The lowest BCUT2D eigenvalue weighted by atomic mass is 9.83. The Bertz CT molecular complexity index is 1080. The molecule has 1 aliphatic carbocycles. The maximum absolute atomic E-state index is 14.2. The zero-order chi connectivity index (χ0) is 22.0. The summed E-state index contributed by atoms with van der Waals surface area (Å²) in [6.07, 6.45) is 2.92. The summed E-state index contributed by atoms with van der Waals surface area (Å²) in [4.78, 5) is 30.4. The van der Waals surface area contributed by atoms with E-state index in [4.69, 9.17) is 11.6 Å². The van der Waals surface area contributed by atoms with Crippen molar-refractivity contribution in [3.05, 3.63) is 64.2 Å². The van der Waals surface area contributed by atoms with Crippen LogP contribution in [-0.4, -0.2) is 28.0 Å². The van der Waals surface area contributed by atoms with Crippen LogP contribution < -0.4 is 4.90 Å². The molecule has 2 aromatic carbocycles. The maximum Gasteiger partial charge on any atom is 0.268 e. The fourth-order valence-electron chi connectivity index (χ4n) is 4.98. The van der Waals surface area contributed by atoms with Crippen LogP contribution in [0.3, 0.4) is 0 Å². The predicted octanol–water partition coefficient (Wildman–Crippen LogP) is 5.50. The van der Waals surface area contributed by atoms with Crippen LogP contribution >= 0.6 is 23.4 Å².